The number of amides is 1. The third-order valence-corrected chi connectivity index (χ3v) is 2.76. The van der Waals surface area contributed by atoms with Gasteiger partial charge in [-0.25, -0.2) is 0 Å². The first-order valence-electron chi connectivity index (χ1n) is 5.06. The van der Waals surface area contributed by atoms with Crippen molar-refractivity contribution < 1.29 is 9.53 Å². The third kappa shape index (κ3) is 3.27. The van der Waals surface area contributed by atoms with Crippen molar-refractivity contribution in [3.8, 4) is 0 Å². The van der Waals surface area contributed by atoms with Crippen LogP contribution in [-0.4, -0.2) is 50.2 Å². The number of nitrogens with one attached hydrogen (secondary N) is 1. The monoisotopic (exact) mass is 200 g/mol. The maximum atomic E-state index is 11.4. The maximum absolute atomic E-state index is 11.4. The predicted molar refractivity (Wildman–Crippen MR) is 55.2 cm³/mol. The van der Waals surface area contributed by atoms with E-state index in [9.17, 15) is 4.79 Å². The van der Waals surface area contributed by atoms with Crippen LogP contribution in [-0.2, 0) is 9.53 Å². The highest BCUT2D eigenvalue weighted by Crippen LogP contribution is 2.19. The molecule has 0 unspecified atom stereocenters. The van der Waals surface area contributed by atoms with Crippen molar-refractivity contribution in [1.29, 1.82) is 0 Å². The van der Waals surface area contributed by atoms with Crippen LogP contribution in [0.5, 0.6) is 0 Å². The number of rotatable bonds is 3. The molecule has 0 atom stereocenters. The average Bonchev–Trinajstić information content (AvgIpc) is 2.15. The molecule has 14 heavy (non-hydrogen) atoms. The summed E-state index contributed by atoms with van der Waals surface area (Å²) in [6.07, 6.45) is 1.96. The molecule has 1 rings (SSSR count). The van der Waals surface area contributed by atoms with Crippen LogP contribution in [0.4, 0.5) is 0 Å². The van der Waals surface area contributed by atoms with E-state index < -0.39 is 0 Å². The Balaban J connectivity index is 2.32. The Morgan fingerprint density at radius 2 is 2.00 bits per heavy atom. The van der Waals surface area contributed by atoms with E-state index in [1.165, 1.54) is 0 Å². The van der Waals surface area contributed by atoms with Crippen LogP contribution in [0.1, 0.15) is 19.8 Å². The number of ether oxygens (including phenoxy) is 1. The molecule has 0 spiro atoms. The first kappa shape index (κ1) is 11.5. The Morgan fingerprint density at radius 3 is 2.50 bits per heavy atom. The lowest BCUT2D eigenvalue weighted by Crippen LogP contribution is -2.50. The molecule has 0 aromatic rings. The summed E-state index contributed by atoms with van der Waals surface area (Å²) in [5.41, 5.74) is 0.0733. The molecule has 82 valence electrons. The van der Waals surface area contributed by atoms with Gasteiger partial charge in [-0.15, -0.1) is 0 Å². The molecule has 1 aliphatic rings. The third-order valence-electron chi connectivity index (χ3n) is 2.76. The van der Waals surface area contributed by atoms with Gasteiger partial charge in [-0.1, -0.05) is 0 Å². The molecule has 0 aromatic carbocycles. The van der Waals surface area contributed by atoms with E-state index in [0.717, 1.165) is 26.1 Å². The van der Waals surface area contributed by atoms with Gasteiger partial charge in [0.05, 0.1) is 6.54 Å². The molecule has 0 saturated carbocycles. The molecular weight excluding hydrogens is 180 g/mol. The maximum Gasteiger partial charge on any atom is 0.236 e. The topological polar surface area (TPSA) is 41.6 Å². The Kier molecular flexibility index (Phi) is 3.89. The van der Waals surface area contributed by atoms with Crippen LogP contribution in [0.25, 0.3) is 0 Å². The smallest absolute Gasteiger partial charge is 0.236 e. The summed E-state index contributed by atoms with van der Waals surface area (Å²) in [6, 6.07) is 0. The van der Waals surface area contributed by atoms with Gasteiger partial charge in [0.25, 0.3) is 0 Å². The second-order valence-electron chi connectivity index (χ2n) is 4.31. The fourth-order valence-corrected chi connectivity index (χ4v) is 1.45. The van der Waals surface area contributed by atoms with E-state index in [4.69, 9.17) is 4.74 Å². The highest BCUT2D eigenvalue weighted by atomic mass is 16.5. The molecule has 1 aliphatic heterocycles. The zero-order chi connectivity index (χ0) is 10.6. The van der Waals surface area contributed by atoms with Crippen LogP contribution in [0, 0.1) is 0 Å². The summed E-state index contributed by atoms with van der Waals surface area (Å²) in [5.74, 6) is 0.123. The fraction of sp³-hybridized carbons (Fsp3) is 0.900. The van der Waals surface area contributed by atoms with Gasteiger partial charge in [0, 0.05) is 32.8 Å². The van der Waals surface area contributed by atoms with Gasteiger partial charge in [0.2, 0.25) is 5.91 Å². The van der Waals surface area contributed by atoms with Gasteiger partial charge in [0.15, 0.2) is 0 Å². The summed E-state index contributed by atoms with van der Waals surface area (Å²) in [6.45, 7) is 4.15. The molecule has 1 amide bonds. The molecule has 1 saturated heterocycles. The van der Waals surface area contributed by atoms with E-state index >= 15 is 0 Å². The lowest BCUT2D eigenvalue weighted by molar-refractivity contribution is -0.128. The minimum Gasteiger partial charge on any atom is -0.381 e. The number of carbonyl (C=O) groups excluding carboxylic acids is 1. The average molecular weight is 200 g/mol. The Labute approximate surface area is 85.6 Å². The van der Waals surface area contributed by atoms with Crippen LogP contribution in [0.15, 0.2) is 0 Å². The van der Waals surface area contributed by atoms with Gasteiger partial charge in [-0.3, -0.25) is 4.79 Å². The quantitative estimate of drug-likeness (QED) is 0.709. The van der Waals surface area contributed by atoms with Gasteiger partial charge in [-0.2, -0.15) is 0 Å². The largest absolute Gasteiger partial charge is 0.381 e. The van der Waals surface area contributed by atoms with Crippen molar-refractivity contribution in [2.75, 3.05) is 33.9 Å². The van der Waals surface area contributed by atoms with Gasteiger partial charge in [0.1, 0.15) is 0 Å². The Hall–Kier alpha value is -0.610. The van der Waals surface area contributed by atoms with E-state index in [-0.39, 0.29) is 11.4 Å². The summed E-state index contributed by atoms with van der Waals surface area (Å²) in [4.78, 5) is 13.0. The van der Waals surface area contributed by atoms with Gasteiger partial charge < -0.3 is 15.0 Å². The minimum atomic E-state index is 0.0733. The van der Waals surface area contributed by atoms with Crippen molar-refractivity contribution in [3.05, 3.63) is 0 Å². The highest BCUT2D eigenvalue weighted by molar-refractivity contribution is 5.77. The number of carbonyl (C=O) groups is 1. The first-order valence-corrected chi connectivity index (χ1v) is 5.06. The second-order valence-corrected chi connectivity index (χ2v) is 4.31. The SMILES string of the molecule is CN(C)C(=O)CNC1(C)CCOCC1. The molecule has 0 aliphatic carbocycles. The van der Waals surface area contributed by atoms with Crippen molar-refractivity contribution in [2.24, 2.45) is 0 Å². The van der Waals surface area contributed by atoms with E-state index in [0.29, 0.717) is 6.54 Å². The zero-order valence-electron chi connectivity index (χ0n) is 9.30. The lowest BCUT2D eigenvalue weighted by Gasteiger charge is -2.34. The molecule has 4 heteroatoms. The van der Waals surface area contributed by atoms with Crippen LogP contribution in [0.2, 0.25) is 0 Å². The first-order chi connectivity index (χ1) is 6.53. The molecular formula is C10H20N2O2. The van der Waals surface area contributed by atoms with Crippen molar-refractivity contribution in [1.82, 2.24) is 10.2 Å². The summed E-state index contributed by atoms with van der Waals surface area (Å²) in [5, 5.41) is 3.31. The van der Waals surface area contributed by atoms with Crippen molar-refractivity contribution >= 4 is 5.91 Å². The Bertz CT molecular complexity index is 198. The Morgan fingerprint density at radius 1 is 1.43 bits per heavy atom. The summed E-state index contributed by atoms with van der Waals surface area (Å²) in [7, 11) is 3.55. The van der Waals surface area contributed by atoms with Crippen molar-refractivity contribution in [3.63, 3.8) is 0 Å². The minimum absolute atomic E-state index is 0.0733. The number of hydrogen-bond acceptors (Lipinski definition) is 3. The van der Waals surface area contributed by atoms with Gasteiger partial charge in [-0.05, 0) is 19.8 Å². The molecule has 1 fully saturated rings. The second kappa shape index (κ2) is 4.75. The van der Waals surface area contributed by atoms with Crippen molar-refractivity contribution in [2.45, 2.75) is 25.3 Å². The van der Waals surface area contributed by atoms with Crippen LogP contribution in [0.3, 0.4) is 0 Å². The standard InChI is InChI=1S/C10H20N2O2/c1-10(4-6-14-7-5-10)11-8-9(13)12(2)3/h11H,4-8H2,1-3H3. The van der Waals surface area contributed by atoms with E-state index in [1.807, 2.05) is 0 Å². The lowest BCUT2D eigenvalue weighted by atomic mass is 9.92. The van der Waals surface area contributed by atoms with E-state index in [1.54, 1.807) is 19.0 Å². The number of nitrogens with zero attached hydrogens (tertiary/aromatic N) is 1. The predicted octanol–water partition coefficient (Wildman–Crippen LogP) is 0.233. The number of likely N-dealkylation sites (N-methyl/N-ethyl adjacent to an activating group) is 1. The molecule has 0 bridgehead atoms. The molecule has 1 heterocycles. The molecule has 1 N–H and O–H groups in total. The van der Waals surface area contributed by atoms with Gasteiger partial charge >= 0.3 is 0 Å². The zero-order valence-corrected chi connectivity index (χ0v) is 9.30. The summed E-state index contributed by atoms with van der Waals surface area (Å²) < 4.78 is 5.28. The number of hydrogen-bond donors (Lipinski definition) is 1. The fourth-order valence-electron chi connectivity index (χ4n) is 1.45. The molecule has 0 radical (unpaired) electrons. The molecule has 4 nitrogen and oxygen atoms in total. The van der Waals surface area contributed by atoms with Crippen LogP contribution >= 0.6 is 0 Å². The van der Waals surface area contributed by atoms with E-state index in [2.05, 4.69) is 12.2 Å². The van der Waals surface area contributed by atoms with Crippen LogP contribution < -0.4 is 5.32 Å². The summed E-state index contributed by atoms with van der Waals surface area (Å²) >= 11 is 0. The normalized spacial score (nSPS) is 20.5. The highest BCUT2D eigenvalue weighted by Gasteiger charge is 2.27. The molecule has 0 aromatic heterocycles.